The lowest BCUT2D eigenvalue weighted by Crippen LogP contribution is -2.63. The third-order valence-corrected chi connectivity index (χ3v) is 6.52. The van der Waals surface area contributed by atoms with Crippen molar-refractivity contribution in [3.8, 4) is 0 Å². The highest BCUT2D eigenvalue weighted by Gasteiger charge is 2.61. The maximum Gasteiger partial charge on any atom is 0.187 e. The molecule has 0 amide bonds. The minimum atomic E-state index is -0.921. The zero-order valence-electron chi connectivity index (χ0n) is 19.5. The number of carbonyl (C=O) groups excluding carboxylic acids is 1. The number of hydrogen-bond donors (Lipinski definition) is 0. The van der Waals surface area contributed by atoms with E-state index in [2.05, 4.69) is 0 Å². The molecule has 35 heavy (non-hydrogen) atoms. The SMILES string of the molecule is O=CC[C@@]12CO[C@@H](O1)[C@@H](OCc1ccccc1)[C@@H](OCc1ccccc1)[C@@H]2OCc1ccccc1. The molecule has 5 rings (SSSR count). The van der Waals surface area contributed by atoms with Crippen LogP contribution in [0, 0.1) is 0 Å². The summed E-state index contributed by atoms with van der Waals surface area (Å²) in [5.41, 5.74) is 2.19. The minimum absolute atomic E-state index is 0.152. The van der Waals surface area contributed by atoms with E-state index in [0.717, 1.165) is 23.0 Å². The van der Waals surface area contributed by atoms with Crippen molar-refractivity contribution in [3.63, 3.8) is 0 Å². The van der Waals surface area contributed by atoms with E-state index in [9.17, 15) is 4.79 Å². The fraction of sp³-hybridized carbons (Fsp3) is 0.345. The Morgan fingerprint density at radius 1 is 0.714 bits per heavy atom. The summed E-state index contributed by atoms with van der Waals surface area (Å²) in [6.07, 6.45) is -1.21. The van der Waals surface area contributed by atoms with E-state index in [1.54, 1.807) is 0 Å². The van der Waals surface area contributed by atoms with E-state index in [1.165, 1.54) is 0 Å². The van der Waals surface area contributed by atoms with Crippen LogP contribution in [0.4, 0.5) is 0 Å². The summed E-state index contributed by atoms with van der Waals surface area (Å²) in [4.78, 5) is 11.7. The van der Waals surface area contributed by atoms with Crippen LogP contribution >= 0.6 is 0 Å². The van der Waals surface area contributed by atoms with Crippen molar-refractivity contribution < 1.29 is 28.5 Å². The van der Waals surface area contributed by atoms with Crippen LogP contribution in [0.5, 0.6) is 0 Å². The van der Waals surface area contributed by atoms with Crippen LogP contribution in [-0.2, 0) is 48.3 Å². The molecular formula is C29H30O6. The number of fused-ring (bicyclic) bond motifs is 2. The van der Waals surface area contributed by atoms with Crippen molar-refractivity contribution in [3.05, 3.63) is 108 Å². The molecule has 2 saturated heterocycles. The van der Waals surface area contributed by atoms with Gasteiger partial charge < -0.3 is 28.5 Å². The smallest absolute Gasteiger partial charge is 0.187 e. The van der Waals surface area contributed by atoms with Gasteiger partial charge in [0, 0.05) is 6.42 Å². The highest BCUT2D eigenvalue weighted by atomic mass is 16.8. The van der Waals surface area contributed by atoms with Gasteiger partial charge >= 0.3 is 0 Å². The van der Waals surface area contributed by atoms with Crippen molar-refractivity contribution in [2.45, 2.75) is 56.4 Å². The largest absolute Gasteiger partial charge is 0.368 e. The van der Waals surface area contributed by atoms with Crippen molar-refractivity contribution >= 4 is 6.29 Å². The molecule has 3 aromatic rings. The first-order valence-corrected chi connectivity index (χ1v) is 12.0. The summed E-state index contributed by atoms with van der Waals surface area (Å²) in [5.74, 6) is 0. The van der Waals surface area contributed by atoms with Crippen molar-refractivity contribution in [1.82, 2.24) is 0 Å². The van der Waals surface area contributed by atoms with E-state index >= 15 is 0 Å². The third kappa shape index (κ3) is 5.53. The van der Waals surface area contributed by atoms with Crippen molar-refractivity contribution in [2.24, 2.45) is 0 Å². The second kappa shape index (κ2) is 11.2. The van der Waals surface area contributed by atoms with E-state index in [1.807, 2.05) is 91.0 Å². The topological polar surface area (TPSA) is 63.2 Å². The van der Waals surface area contributed by atoms with Crippen LogP contribution in [0.3, 0.4) is 0 Å². The lowest BCUT2D eigenvalue weighted by Gasteiger charge is -2.46. The number of carbonyl (C=O) groups is 1. The zero-order valence-corrected chi connectivity index (χ0v) is 19.5. The lowest BCUT2D eigenvalue weighted by molar-refractivity contribution is -0.293. The maximum atomic E-state index is 11.7. The fourth-order valence-electron chi connectivity index (χ4n) is 4.72. The van der Waals surface area contributed by atoms with Gasteiger partial charge in [0.05, 0.1) is 26.4 Å². The average molecular weight is 475 g/mol. The van der Waals surface area contributed by atoms with Crippen LogP contribution in [0.25, 0.3) is 0 Å². The molecule has 0 saturated carbocycles. The van der Waals surface area contributed by atoms with Gasteiger partial charge in [0.25, 0.3) is 0 Å². The Hall–Kier alpha value is -2.87. The van der Waals surface area contributed by atoms with Crippen molar-refractivity contribution in [1.29, 1.82) is 0 Å². The van der Waals surface area contributed by atoms with E-state index in [4.69, 9.17) is 23.7 Å². The molecule has 0 aliphatic carbocycles. The Morgan fingerprint density at radius 2 is 1.20 bits per heavy atom. The predicted molar refractivity (Wildman–Crippen MR) is 129 cm³/mol. The van der Waals surface area contributed by atoms with Crippen LogP contribution in [0.2, 0.25) is 0 Å². The Kier molecular flexibility index (Phi) is 7.66. The number of hydrogen-bond acceptors (Lipinski definition) is 6. The van der Waals surface area contributed by atoms with Gasteiger partial charge in [-0.05, 0) is 16.7 Å². The normalized spacial score (nSPS) is 27.5. The summed E-state index contributed by atoms with van der Waals surface area (Å²) in [6.45, 7) is 1.36. The number of ether oxygens (including phenoxy) is 5. The summed E-state index contributed by atoms with van der Waals surface area (Å²) < 4.78 is 31.7. The van der Waals surface area contributed by atoms with Crippen LogP contribution < -0.4 is 0 Å². The summed E-state index contributed by atoms with van der Waals surface area (Å²) >= 11 is 0. The number of rotatable bonds is 11. The van der Waals surface area contributed by atoms with Crippen LogP contribution in [-0.4, -0.2) is 43.1 Å². The first-order chi connectivity index (χ1) is 17.3. The minimum Gasteiger partial charge on any atom is -0.368 e. The average Bonchev–Trinajstić information content (AvgIpc) is 3.29. The molecule has 0 aromatic heterocycles. The Balaban J connectivity index is 1.42. The van der Waals surface area contributed by atoms with Crippen LogP contribution in [0.15, 0.2) is 91.0 Å². The van der Waals surface area contributed by atoms with E-state index in [0.29, 0.717) is 19.8 Å². The summed E-state index contributed by atoms with van der Waals surface area (Å²) in [6, 6.07) is 29.9. The molecule has 6 heteroatoms. The predicted octanol–water partition coefficient (Wildman–Crippen LogP) is 4.46. The van der Waals surface area contributed by atoms with Gasteiger partial charge in [-0.15, -0.1) is 0 Å². The highest BCUT2D eigenvalue weighted by Crippen LogP contribution is 2.43. The molecule has 2 bridgehead atoms. The summed E-state index contributed by atoms with van der Waals surface area (Å²) in [7, 11) is 0. The van der Waals surface area contributed by atoms with Gasteiger partial charge in [-0.25, -0.2) is 0 Å². The first kappa shape index (κ1) is 23.9. The molecule has 2 aliphatic rings. The third-order valence-electron chi connectivity index (χ3n) is 6.52. The maximum absolute atomic E-state index is 11.7. The molecule has 0 N–H and O–H groups in total. The fourth-order valence-corrected chi connectivity index (χ4v) is 4.72. The number of aldehydes is 1. The Bertz CT molecular complexity index is 1060. The van der Waals surface area contributed by atoms with Gasteiger partial charge in [0.15, 0.2) is 6.29 Å². The quantitative estimate of drug-likeness (QED) is 0.383. The summed E-state index contributed by atoms with van der Waals surface area (Å²) in [5, 5.41) is 0. The molecule has 0 unspecified atom stereocenters. The molecule has 3 aromatic carbocycles. The molecule has 2 heterocycles. The van der Waals surface area contributed by atoms with Gasteiger partial charge in [-0.3, -0.25) is 0 Å². The number of benzene rings is 3. The van der Waals surface area contributed by atoms with Gasteiger partial charge in [-0.1, -0.05) is 91.0 Å². The van der Waals surface area contributed by atoms with Gasteiger partial charge in [0.2, 0.25) is 0 Å². The van der Waals surface area contributed by atoms with Crippen molar-refractivity contribution in [2.75, 3.05) is 6.61 Å². The second-order valence-electron chi connectivity index (χ2n) is 8.97. The molecule has 0 radical (unpaired) electrons. The second-order valence-corrected chi connectivity index (χ2v) is 8.97. The highest BCUT2D eigenvalue weighted by molar-refractivity contribution is 5.52. The molecular weight excluding hydrogens is 444 g/mol. The molecule has 2 aliphatic heterocycles. The first-order valence-electron chi connectivity index (χ1n) is 12.0. The van der Waals surface area contributed by atoms with Gasteiger partial charge in [-0.2, -0.15) is 0 Å². The molecule has 5 atom stereocenters. The molecule has 2 fully saturated rings. The molecule has 0 spiro atoms. The zero-order chi connectivity index (χ0) is 23.9. The Labute approximate surface area is 205 Å². The molecule has 182 valence electrons. The van der Waals surface area contributed by atoms with Crippen LogP contribution in [0.1, 0.15) is 23.1 Å². The standard InChI is InChI=1S/C29H30O6/c30-17-16-29-21-34-28(35-29)26(32-19-23-12-6-2-7-13-23)25(31-18-22-10-4-1-5-11-22)27(29)33-20-24-14-8-3-9-15-24/h1-15,17,25-28H,16,18-21H2/t25-,26+,27+,28+,29+/m1/s1. The Morgan fingerprint density at radius 3 is 1.71 bits per heavy atom. The van der Waals surface area contributed by atoms with E-state index < -0.39 is 30.2 Å². The van der Waals surface area contributed by atoms with Gasteiger partial charge in [0.1, 0.15) is 30.2 Å². The lowest BCUT2D eigenvalue weighted by atomic mass is 9.86. The monoisotopic (exact) mass is 474 g/mol. The van der Waals surface area contributed by atoms with E-state index in [-0.39, 0.29) is 13.0 Å². The molecule has 6 nitrogen and oxygen atoms in total.